The molecule has 112 valence electrons. The molecule has 0 aliphatic rings. The zero-order valence-electron chi connectivity index (χ0n) is 12.4. The van der Waals surface area contributed by atoms with Gasteiger partial charge < -0.3 is 10.4 Å². The third-order valence-corrected chi connectivity index (χ3v) is 3.63. The first-order valence-electron chi connectivity index (χ1n) is 7.42. The van der Waals surface area contributed by atoms with Crippen LogP contribution in [0.1, 0.15) is 31.9 Å². The zero-order valence-corrected chi connectivity index (χ0v) is 12.4. The number of fused-ring (bicyclic) bond motifs is 1. The van der Waals surface area contributed by atoms with Crippen molar-refractivity contribution in [3.63, 3.8) is 0 Å². The third-order valence-electron chi connectivity index (χ3n) is 3.63. The largest absolute Gasteiger partial charge is 0.481 e. The molecule has 0 spiro atoms. The van der Waals surface area contributed by atoms with Crippen LogP contribution in [-0.4, -0.2) is 22.6 Å². The van der Waals surface area contributed by atoms with Crippen molar-refractivity contribution in [1.82, 2.24) is 10.3 Å². The molecule has 0 aliphatic heterocycles. The van der Waals surface area contributed by atoms with Gasteiger partial charge in [-0.3, -0.25) is 9.78 Å². The lowest BCUT2D eigenvalue weighted by Gasteiger charge is -2.10. The molecule has 1 aromatic heterocycles. The van der Waals surface area contributed by atoms with E-state index in [4.69, 9.17) is 5.11 Å². The summed E-state index contributed by atoms with van der Waals surface area (Å²) in [5, 5.41) is 13.2. The van der Waals surface area contributed by atoms with E-state index in [0.29, 0.717) is 5.92 Å². The van der Waals surface area contributed by atoms with Crippen LogP contribution in [0.3, 0.4) is 0 Å². The topological polar surface area (TPSA) is 62.2 Å². The Hall–Kier alpha value is -1.94. The molecule has 1 atom stereocenters. The van der Waals surface area contributed by atoms with Gasteiger partial charge in [-0.25, -0.2) is 0 Å². The number of aromatic nitrogens is 1. The van der Waals surface area contributed by atoms with E-state index in [1.54, 1.807) is 0 Å². The molecule has 0 fully saturated rings. The second kappa shape index (κ2) is 7.74. The van der Waals surface area contributed by atoms with Gasteiger partial charge in [0.2, 0.25) is 0 Å². The highest BCUT2D eigenvalue weighted by molar-refractivity contribution is 5.78. The fourth-order valence-electron chi connectivity index (χ4n) is 2.29. The van der Waals surface area contributed by atoms with Gasteiger partial charge in [0.05, 0.1) is 11.2 Å². The molecule has 21 heavy (non-hydrogen) atoms. The van der Waals surface area contributed by atoms with Crippen molar-refractivity contribution >= 4 is 16.9 Å². The number of hydrogen-bond acceptors (Lipinski definition) is 3. The van der Waals surface area contributed by atoms with E-state index in [0.717, 1.165) is 42.5 Å². The molecular formula is C17H22N2O2. The first-order chi connectivity index (χ1) is 10.1. The smallest absolute Gasteiger partial charge is 0.303 e. The molecule has 1 unspecified atom stereocenters. The lowest BCUT2D eigenvalue weighted by Crippen LogP contribution is -2.18. The van der Waals surface area contributed by atoms with E-state index in [2.05, 4.69) is 29.4 Å². The number of benzene rings is 1. The van der Waals surface area contributed by atoms with E-state index in [-0.39, 0.29) is 6.42 Å². The molecule has 0 aliphatic carbocycles. The van der Waals surface area contributed by atoms with Crippen molar-refractivity contribution in [3.05, 3.63) is 42.1 Å². The lowest BCUT2D eigenvalue weighted by atomic mass is 10.0. The molecule has 1 aromatic carbocycles. The number of aliphatic carboxylic acids is 1. The highest BCUT2D eigenvalue weighted by Gasteiger charge is 2.05. The minimum absolute atomic E-state index is 0.257. The molecule has 0 amide bonds. The summed E-state index contributed by atoms with van der Waals surface area (Å²) in [5.74, 6) is -0.284. The average Bonchev–Trinajstić information content (AvgIpc) is 2.49. The number of carboxylic acids is 1. The van der Waals surface area contributed by atoms with Gasteiger partial charge in [-0.15, -0.1) is 0 Å². The second-order valence-corrected chi connectivity index (χ2v) is 5.50. The van der Waals surface area contributed by atoms with Crippen LogP contribution >= 0.6 is 0 Å². The molecule has 2 aromatic rings. The van der Waals surface area contributed by atoms with Gasteiger partial charge >= 0.3 is 5.97 Å². The van der Waals surface area contributed by atoms with E-state index in [1.807, 2.05) is 24.3 Å². The summed E-state index contributed by atoms with van der Waals surface area (Å²) in [4.78, 5) is 15.1. The molecule has 2 N–H and O–H groups in total. The first kappa shape index (κ1) is 15.4. The lowest BCUT2D eigenvalue weighted by molar-refractivity contribution is -0.137. The highest BCUT2D eigenvalue weighted by Crippen LogP contribution is 2.12. The van der Waals surface area contributed by atoms with Gasteiger partial charge in [-0.05, 0) is 37.4 Å². The number of nitrogens with zero attached hydrogens (tertiary/aromatic N) is 1. The molecular weight excluding hydrogens is 264 g/mol. The van der Waals surface area contributed by atoms with Crippen molar-refractivity contribution in [2.24, 2.45) is 5.92 Å². The van der Waals surface area contributed by atoms with Crippen LogP contribution < -0.4 is 5.32 Å². The predicted molar refractivity (Wildman–Crippen MR) is 84.1 cm³/mol. The van der Waals surface area contributed by atoms with Crippen molar-refractivity contribution < 1.29 is 9.90 Å². The molecule has 0 saturated heterocycles. The Bertz CT molecular complexity index is 598. The summed E-state index contributed by atoms with van der Waals surface area (Å²) >= 11 is 0. The molecule has 4 heteroatoms. The zero-order chi connectivity index (χ0) is 15.1. The minimum atomic E-state index is -0.713. The van der Waals surface area contributed by atoms with E-state index in [9.17, 15) is 4.79 Å². The number of nitrogens with one attached hydrogen (secondary N) is 1. The minimum Gasteiger partial charge on any atom is -0.481 e. The van der Waals surface area contributed by atoms with Crippen LogP contribution in [0.5, 0.6) is 0 Å². The number of carbonyl (C=O) groups is 1. The Labute approximate surface area is 125 Å². The summed E-state index contributed by atoms with van der Waals surface area (Å²) in [6.07, 6.45) is 1.99. The summed E-state index contributed by atoms with van der Waals surface area (Å²) in [6, 6.07) is 12.2. The third kappa shape index (κ3) is 5.16. The summed E-state index contributed by atoms with van der Waals surface area (Å²) < 4.78 is 0. The van der Waals surface area contributed by atoms with Crippen molar-refractivity contribution in [2.75, 3.05) is 6.54 Å². The van der Waals surface area contributed by atoms with Gasteiger partial charge in [-0.1, -0.05) is 31.2 Å². The van der Waals surface area contributed by atoms with Crippen molar-refractivity contribution in [3.8, 4) is 0 Å². The van der Waals surface area contributed by atoms with Crippen LogP contribution in [-0.2, 0) is 11.3 Å². The maximum Gasteiger partial charge on any atom is 0.303 e. The maximum absolute atomic E-state index is 10.5. The number of rotatable bonds is 8. The van der Waals surface area contributed by atoms with Gasteiger partial charge in [0.15, 0.2) is 0 Å². The number of carboxylic acid groups (broad SMARTS) is 1. The van der Waals surface area contributed by atoms with Crippen LogP contribution in [0.4, 0.5) is 0 Å². The summed E-state index contributed by atoms with van der Waals surface area (Å²) in [6.45, 7) is 3.73. The molecule has 2 rings (SSSR count). The van der Waals surface area contributed by atoms with Crippen LogP contribution in [0.25, 0.3) is 10.9 Å². The fraction of sp³-hybridized carbons (Fsp3) is 0.412. The van der Waals surface area contributed by atoms with Gasteiger partial charge in [-0.2, -0.15) is 0 Å². The molecule has 4 nitrogen and oxygen atoms in total. The Morgan fingerprint density at radius 1 is 1.24 bits per heavy atom. The number of para-hydroxylation sites is 1. The monoisotopic (exact) mass is 286 g/mol. The Morgan fingerprint density at radius 3 is 2.86 bits per heavy atom. The summed E-state index contributed by atoms with van der Waals surface area (Å²) in [7, 11) is 0. The van der Waals surface area contributed by atoms with Gasteiger partial charge in [0.25, 0.3) is 0 Å². The maximum atomic E-state index is 10.5. The van der Waals surface area contributed by atoms with Crippen LogP contribution in [0.15, 0.2) is 36.4 Å². The Morgan fingerprint density at radius 2 is 2.05 bits per heavy atom. The molecule has 0 saturated carbocycles. The standard InChI is InChI=1S/C17H22N2O2/c1-13(6-9-17(20)21)10-11-18-12-15-8-7-14-4-2-3-5-16(14)19-15/h2-5,7-8,13,18H,6,9-12H2,1H3,(H,20,21). The predicted octanol–water partition coefficient (Wildman–Crippen LogP) is 3.22. The van der Waals surface area contributed by atoms with Gasteiger partial charge in [0.1, 0.15) is 0 Å². The molecule has 0 radical (unpaired) electrons. The number of pyridine rings is 1. The van der Waals surface area contributed by atoms with Crippen LogP contribution in [0.2, 0.25) is 0 Å². The summed E-state index contributed by atoms with van der Waals surface area (Å²) in [5.41, 5.74) is 2.05. The van der Waals surface area contributed by atoms with Crippen molar-refractivity contribution in [1.29, 1.82) is 0 Å². The van der Waals surface area contributed by atoms with Crippen LogP contribution in [0, 0.1) is 5.92 Å². The van der Waals surface area contributed by atoms with E-state index >= 15 is 0 Å². The Kier molecular flexibility index (Phi) is 5.69. The number of hydrogen-bond donors (Lipinski definition) is 2. The second-order valence-electron chi connectivity index (χ2n) is 5.50. The first-order valence-corrected chi connectivity index (χ1v) is 7.42. The molecule has 1 heterocycles. The fourth-order valence-corrected chi connectivity index (χ4v) is 2.29. The highest BCUT2D eigenvalue weighted by atomic mass is 16.4. The SMILES string of the molecule is CC(CCNCc1ccc2ccccc2n1)CCC(=O)O. The molecule has 0 bridgehead atoms. The normalized spacial score (nSPS) is 12.4. The quantitative estimate of drug-likeness (QED) is 0.731. The van der Waals surface area contributed by atoms with Gasteiger partial charge in [0, 0.05) is 18.4 Å². The van der Waals surface area contributed by atoms with Crippen molar-refractivity contribution in [2.45, 2.75) is 32.7 Å². The Balaban J connectivity index is 1.73. The average molecular weight is 286 g/mol. The van der Waals surface area contributed by atoms with E-state index in [1.165, 1.54) is 0 Å². The van der Waals surface area contributed by atoms with E-state index < -0.39 is 5.97 Å².